The molecule has 4 N–H and O–H groups in total. The molecule has 0 aliphatic heterocycles. The average molecular weight is 770 g/mol. The number of ether oxygens (including phenoxy) is 2. The molecule has 0 saturated heterocycles. The van der Waals surface area contributed by atoms with E-state index < -0.39 is 51.1 Å². The van der Waals surface area contributed by atoms with Gasteiger partial charge in [-0.1, -0.05) is 133 Å². The monoisotopic (exact) mass is 769 g/mol. The highest BCUT2D eigenvalue weighted by Gasteiger charge is 2.28. The van der Waals surface area contributed by atoms with Crippen LogP contribution in [-0.2, 0) is 42.3 Å². The van der Waals surface area contributed by atoms with Gasteiger partial charge in [0, 0.05) is 19.3 Å². The zero-order valence-corrected chi connectivity index (χ0v) is 33.2. The van der Waals surface area contributed by atoms with E-state index in [1.54, 1.807) is 12.2 Å². The molecular weight excluding hydrogens is 701 g/mol. The molecule has 0 aliphatic carbocycles. The van der Waals surface area contributed by atoms with Crippen molar-refractivity contribution in [1.82, 2.24) is 0 Å². The Morgan fingerprint density at radius 1 is 0.642 bits per heavy atom. The number of nitrogens with two attached hydrogens (primary N) is 1. The summed E-state index contributed by atoms with van der Waals surface area (Å²) in [5, 5.41) is 8.86. The van der Waals surface area contributed by atoms with Crippen molar-refractivity contribution in [2.24, 2.45) is 5.73 Å². The first-order chi connectivity index (χ1) is 25.5. The van der Waals surface area contributed by atoms with Gasteiger partial charge in [-0.05, 0) is 44.6 Å². The maximum Gasteiger partial charge on any atom is 0.472 e. The molecule has 0 aromatic carbocycles. The summed E-state index contributed by atoms with van der Waals surface area (Å²) in [6, 6.07) is -1.54. The van der Waals surface area contributed by atoms with Crippen molar-refractivity contribution in [3.05, 3.63) is 48.6 Å². The molecule has 0 aromatic rings. The number of hydrogen-bond donors (Lipinski definition) is 3. The number of phosphoric acid groups is 1. The highest BCUT2D eigenvalue weighted by molar-refractivity contribution is 7.47. The van der Waals surface area contributed by atoms with Gasteiger partial charge in [-0.25, -0.2) is 4.57 Å². The third-order valence-corrected chi connectivity index (χ3v) is 9.01. The minimum Gasteiger partial charge on any atom is -0.480 e. The second-order valence-corrected chi connectivity index (χ2v) is 14.6. The predicted molar refractivity (Wildman–Crippen MR) is 208 cm³/mol. The molecule has 0 spiro atoms. The van der Waals surface area contributed by atoms with Crippen LogP contribution in [0, 0.1) is 0 Å². The number of allylic oxidation sites excluding steroid dienone is 8. The van der Waals surface area contributed by atoms with Gasteiger partial charge in [0.05, 0.1) is 13.2 Å². The van der Waals surface area contributed by atoms with Crippen LogP contribution < -0.4 is 5.73 Å². The third kappa shape index (κ3) is 34.6. The summed E-state index contributed by atoms with van der Waals surface area (Å²) < 4.78 is 32.5. The Bertz CT molecular complexity index is 1150. The molecule has 12 nitrogen and oxygen atoms in total. The fourth-order valence-corrected chi connectivity index (χ4v) is 5.67. The number of hydrogen-bond acceptors (Lipinski definition) is 10. The van der Waals surface area contributed by atoms with Crippen molar-refractivity contribution in [1.29, 1.82) is 0 Å². The summed E-state index contributed by atoms with van der Waals surface area (Å²) in [4.78, 5) is 57.4. The van der Waals surface area contributed by atoms with Gasteiger partial charge >= 0.3 is 25.7 Å². The van der Waals surface area contributed by atoms with Crippen LogP contribution in [0.25, 0.3) is 0 Å². The van der Waals surface area contributed by atoms with Gasteiger partial charge in [0.1, 0.15) is 12.6 Å². The number of aliphatic carboxylic acids is 1. The normalized spacial score (nSPS) is 14.3. The van der Waals surface area contributed by atoms with Crippen molar-refractivity contribution >= 4 is 31.5 Å². The van der Waals surface area contributed by atoms with Crippen molar-refractivity contribution in [2.75, 3.05) is 19.8 Å². The minimum absolute atomic E-state index is 0.0591. The summed E-state index contributed by atoms with van der Waals surface area (Å²) in [5.74, 6) is -2.35. The number of esters is 2. The minimum atomic E-state index is -4.74. The number of unbranched alkanes of at least 4 members (excludes halogenated alkanes) is 13. The largest absolute Gasteiger partial charge is 0.480 e. The van der Waals surface area contributed by atoms with Crippen LogP contribution in [0.5, 0.6) is 0 Å². The van der Waals surface area contributed by atoms with Crippen molar-refractivity contribution in [3.63, 3.8) is 0 Å². The Morgan fingerprint density at radius 2 is 1.17 bits per heavy atom. The van der Waals surface area contributed by atoms with Gasteiger partial charge in [-0.3, -0.25) is 28.2 Å². The Balaban J connectivity index is 4.58. The molecule has 0 heterocycles. The summed E-state index contributed by atoms with van der Waals surface area (Å²) in [6.45, 7) is 2.54. The van der Waals surface area contributed by atoms with Gasteiger partial charge in [0.2, 0.25) is 0 Å². The molecule has 1 unspecified atom stereocenters. The van der Waals surface area contributed by atoms with Crippen molar-refractivity contribution in [2.45, 2.75) is 161 Å². The zero-order chi connectivity index (χ0) is 39.4. The van der Waals surface area contributed by atoms with Crippen LogP contribution in [0.1, 0.15) is 149 Å². The Hall–Kier alpha value is -2.89. The molecule has 0 aromatic heterocycles. The van der Waals surface area contributed by atoms with Gasteiger partial charge in [-0.2, -0.15) is 0 Å². The maximum absolute atomic E-state index is 12.5. The van der Waals surface area contributed by atoms with Crippen molar-refractivity contribution in [3.8, 4) is 0 Å². The van der Waals surface area contributed by atoms with E-state index in [4.69, 9.17) is 24.8 Å². The van der Waals surface area contributed by atoms with E-state index >= 15 is 0 Å². The number of carboxylic acid groups (broad SMARTS) is 1. The van der Waals surface area contributed by atoms with E-state index in [9.17, 15) is 28.6 Å². The van der Waals surface area contributed by atoms with E-state index in [1.165, 1.54) is 44.9 Å². The lowest BCUT2D eigenvalue weighted by Gasteiger charge is -2.20. The number of ketones is 1. The second-order valence-electron chi connectivity index (χ2n) is 13.1. The topological polar surface area (TPSA) is 189 Å². The summed E-state index contributed by atoms with van der Waals surface area (Å²) in [5.41, 5.74) is 5.31. The fourth-order valence-electron chi connectivity index (χ4n) is 4.89. The molecule has 13 heteroatoms. The summed E-state index contributed by atoms with van der Waals surface area (Å²) in [6.07, 6.45) is 33.2. The standard InChI is InChI=1S/C40H68NO11P/c1-3-5-7-8-9-10-12-16-19-22-26-30-38(43)49-32-36(33-50-53(47,48)51-34-37(41)40(45)46)52-39(44)31-27-23-20-17-14-11-13-15-18-21-25-29-35(42)28-24-6-4-2/h11,13,17-18,20-21,25,29,36-37H,3-10,12,14-16,19,22-24,26-28,30-34,41H2,1-2H3,(H,45,46)(H,47,48)/b13-11-,20-17-,21-18-,29-25+/t36-,37+/m1/s1. The molecule has 0 aliphatic rings. The van der Waals surface area contributed by atoms with Crippen LogP contribution in [0.3, 0.4) is 0 Å². The molecular formula is C40H68NO11P. The lowest BCUT2D eigenvalue weighted by Crippen LogP contribution is -2.34. The first-order valence-electron chi connectivity index (χ1n) is 19.6. The van der Waals surface area contributed by atoms with Crippen molar-refractivity contribution < 1.29 is 52.3 Å². The number of carbonyl (C=O) groups is 4. The molecule has 0 radical (unpaired) electrons. The summed E-state index contributed by atoms with van der Waals surface area (Å²) in [7, 11) is -4.74. The van der Waals surface area contributed by atoms with Crippen LogP contribution in [-0.4, -0.2) is 65.7 Å². The van der Waals surface area contributed by atoms with Crippen LogP contribution in [0.15, 0.2) is 48.6 Å². The number of carbonyl (C=O) groups excluding carboxylic acids is 3. The first kappa shape index (κ1) is 50.1. The molecule has 0 bridgehead atoms. The molecule has 53 heavy (non-hydrogen) atoms. The highest BCUT2D eigenvalue weighted by atomic mass is 31.2. The van der Waals surface area contributed by atoms with E-state index in [1.807, 2.05) is 36.5 Å². The Kier molecular flexibility index (Phi) is 33.0. The van der Waals surface area contributed by atoms with Crippen LogP contribution in [0.2, 0.25) is 0 Å². The number of rotatable bonds is 36. The van der Waals surface area contributed by atoms with Crippen LogP contribution in [0.4, 0.5) is 0 Å². The molecule has 0 saturated carbocycles. The third-order valence-electron chi connectivity index (χ3n) is 8.06. The highest BCUT2D eigenvalue weighted by Crippen LogP contribution is 2.43. The zero-order valence-electron chi connectivity index (χ0n) is 32.3. The fraction of sp³-hybridized carbons (Fsp3) is 0.700. The van der Waals surface area contributed by atoms with E-state index in [0.717, 1.165) is 51.4 Å². The number of phosphoric ester groups is 1. The average Bonchev–Trinajstić information content (AvgIpc) is 3.12. The van der Waals surface area contributed by atoms with Gasteiger partial charge in [0.15, 0.2) is 11.9 Å². The van der Waals surface area contributed by atoms with Gasteiger partial charge in [0.25, 0.3) is 0 Å². The lowest BCUT2D eigenvalue weighted by molar-refractivity contribution is -0.161. The van der Waals surface area contributed by atoms with Crippen LogP contribution >= 0.6 is 7.82 Å². The molecule has 0 fully saturated rings. The van der Waals surface area contributed by atoms with E-state index in [0.29, 0.717) is 25.7 Å². The predicted octanol–water partition coefficient (Wildman–Crippen LogP) is 9.01. The lowest BCUT2D eigenvalue weighted by atomic mass is 10.1. The number of carboxylic acids is 1. The SMILES string of the molecule is CCCCCCCCCCCCCC(=O)OC[C@H](COP(=O)(O)OC[C@H](N)C(=O)O)OC(=O)CCC/C=C\C/C=C\C/C=C\C=C\C(=O)CCCCC. The van der Waals surface area contributed by atoms with Gasteiger partial charge in [-0.15, -0.1) is 0 Å². The molecule has 304 valence electrons. The molecule has 0 rings (SSSR count). The first-order valence-corrected chi connectivity index (χ1v) is 21.1. The van der Waals surface area contributed by atoms with E-state index in [-0.39, 0.29) is 25.2 Å². The Morgan fingerprint density at radius 3 is 1.81 bits per heavy atom. The van der Waals surface area contributed by atoms with E-state index in [2.05, 4.69) is 18.4 Å². The molecule has 0 amide bonds. The summed E-state index contributed by atoms with van der Waals surface area (Å²) >= 11 is 0. The van der Waals surface area contributed by atoms with Gasteiger partial charge < -0.3 is 25.2 Å². The quantitative estimate of drug-likeness (QED) is 0.0137. The second kappa shape index (κ2) is 34.9. The Labute approximate surface area is 318 Å². The smallest absolute Gasteiger partial charge is 0.472 e. The molecule has 3 atom stereocenters. The maximum atomic E-state index is 12.5.